The van der Waals surface area contributed by atoms with E-state index in [1.807, 2.05) is 4.90 Å². The maximum atomic E-state index is 12.0. The Hall–Kier alpha value is -2.11. The quantitative estimate of drug-likeness (QED) is 0.845. The zero-order valence-electron chi connectivity index (χ0n) is 13.7. The van der Waals surface area contributed by atoms with Gasteiger partial charge in [0.25, 0.3) is 5.91 Å². The van der Waals surface area contributed by atoms with Crippen LogP contribution in [0.1, 0.15) is 36.0 Å². The number of piperidine rings is 1. The van der Waals surface area contributed by atoms with Crippen molar-refractivity contribution in [2.75, 3.05) is 27.2 Å². The molecule has 1 aromatic rings. The summed E-state index contributed by atoms with van der Waals surface area (Å²) in [4.78, 5) is 31.5. The van der Waals surface area contributed by atoms with Gasteiger partial charge in [0.1, 0.15) is 6.10 Å². The van der Waals surface area contributed by atoms with E-state index in [0.717, 1.165) is 38.8 Å². The molecule has 1 aliphatic heterocycles. The van der Waals surface area contributed by atoms with Gasteiger partial charge in [-0.3, -0.25) is 9.59 Å². The first-order chi connectivity index (χ1) is 11.0. The molecular formula is C17H23N3O3. The van der Waals surface area contributed by atoms with Crippen molar-refractivity contribution in [3.8, 4) is 5.88 Å². The van der Waals surface area contributed by atoms with Crippen molar-refractivity contribution in [1.82, 2.24) is 14.8 Å². The van der Waals surface area contributed by atoms with Crippen LogP contribution < -0.4 is 4.74 Å². The number of amides is 2. The second-order valence-corrected chi connectivity index (χ2v) is 6.50. The second kappa shape index (κ2) is 6.56. The van der Waals surface area contributed by atoms with Crippen molar-refractivity contribution in [3.63, 3.8) is 0 Å². The van der Waals surface area contributed by atoms with Crippen LogP contribution in [-0.4, -0.2) is 59.9 Å². The van der Waals surface area contributed by atoms with Crippen LogP contribution in [0.4, 0.5) is 0 Å². The van der Waals surface area contributed by atoms with Gasteiger partial charge in [-0.1, -0.05) is 0 Å². The predicted molar refractivity (Wildman–Crippen MR) is 85.2 cm³/mol. The highest BCUT2D eigenvalue weighted by molar-refractivity contribution is 5.93. The largest absolute Gasteiger partial charge is 0.474 e. The van der Waals surface area contributed by atoms with Crippen LogP contribution in [0, 0.1) is 5.92 Å². The summed E-state index contributed by atoms with van der Waals surface area (Å²) in [6, 6.07) is 3.47. The third-order valence-electron chi connectivity index (χ3n) is 4.36. The van der Waals surface area contributed by atoms with Gasteiger partial charge in [-0.2, -0.15) is 0 Å². The summed E-state index contributed by atoms with van der Waals surface area (Å²) < 4.78 is 5.88. The lowest BCUT2D eigenvalue weighted by molar-refractivity contribution is -0.134. The third kappa shape index (κ3) is 3.81. The summed E-state index contributed by atoms with van der Waals surface area (Å²) in [5.74, 6) is 1.06. The number of pyridine rings is 1. The molecule has 0 unspecified atom stereocenters. The monoisotopic (exact) mass is 317 g/mol. The third-order valence-corrected chi connectivity index (χ3v) is 4.36. The fourth-order valence-corrected chi connectivity index (χ4v) is 2.79. The Bertz CT molecular complexity index is 573. The van der Waals surface area contributed by atoms with E-state index in [4.69, 9.17) is 4.74 Å². The fourth-order valence-electron chi connectivity index (χ4n) is 2.79. The molecule has 0 bridgehead atoms. The Morgan fingerprint density at radius 3 is 2.39 bits per heavy atom. The van der Waals surface area contributed by atoms with Crippen LogP contribution in [0.2, 0.25) is 0 Å². The van der Waals surface area contributed by atoms with Gasteiger partial charge < -0.3 is 14.5 Å². The van der Waals surface area contributed by atoms with Gasteiger partial charge in [-0.05, 0) is 18.9 Å². The van der Waals surface area contributed by atoms with Crippen molar-refractivity contribution in [2.24, 2.45) is 5.92 Å². The molecule has 23 heavy (non-hydrogen) atoms. The number of hydrogen-bond donors (Lipinski definition) is 0. The Kier molecular flexibility index (Phi) is 4.50. The molecule has 0 atom stereocenters. The number of carbonyl (C=O) groups is 2. The number of carbonyl (C=O) groups excluding carboxylic acids is 2. The molecule has 6 heteroatoms. The average molecular weight is 317 g/mol. The van der Waals surface area contributed by atoms with E-state index in [-0.39, 0.29) is 17.9 Å². The summed E-state index contributed by atoms with van der Waals surface area (Å²) in [6.45, 7) is 1.52. The molecule has 6 nitrogen and oxygen atoms in total. The molecule has 0 aromatic carbocycles. The molecule has 0 spiro atoms. The molecule has 1 aliphatic carbocycles. The van der Waals surface area contributed by atoms with E-state index in [1.54, 1.807) is 32.4 Å². The van der Waals surface area contributed by atoms with Crippen LogP contribution in [0.3, 0.4) is 0 Å². The highest BCUT2D eigenvalue weighted by Gasteiger charge is 2.35. The zero-order chi connectivity index (χ0) is 16.4. The van der Waals surface area contributed by atoms with Crippen LogP contribution in [-0.2, 0) is 4.79 Å². The fraction of sp³-hybridized carbons (Fsp3) is 0.588. The van der Waals surface area contributed by atoms with E-state index in [1.165, 1.54) is 4.90 Å². The highest BCUT2D eigenvalue weighted by atomic mass is 16.5. The average Bonchev–Trinajstić information content (AvgIpc) is 3.40. The lowest BCUT2D eigenvalue weighted by atomic mass is 10.1. The van der Waals surface area contributed by atoms with Gasteiger partial charge in [-0.25, -0.2) is 4.98 Å². The first-order valence-electron chi connectivity index (χ1n) is 8.18. The summed E-state index contributed by atoms with van der Waals surface area (Å²) in [6.07, 6.45) is 5.40. The van der Waals surface area contributed by atoms with Crippen molar-refractivity contribution in [2.45, 2.75) is 31.8 Å². The summed E-state index contributed by atoms with van der Waals surface area (Å²) in [5, 5.41) is 0. The normalized spacial score (nSPS) is 18.6. The molecule has 2 aliphatic rings. The van der Waals surface area contributed by atoms with E-state index in [2.05, 4.69) is 4.98 Å². The lowest BCUT2D eigenvalue weighted by Crippen LogP contribution is -2.42. The summed E-state index contributed by atoms with van der Waals surface area (Å²) in [5.41, 5.74) is 0.548. The molecule has 124 valence electrons. The van der Waals surface area contributed by atoms with Gasteiger partial charge in [0.2, 0.25) is 11.8 Å². The van der Waals surface area contributed by atoms with E-state index in [9.17, 15) is 9.59 Å². The van der Waals surface area contributed by atoms with E-state index < -0.39 is 0 Å². The number of nitrogens with zero attached hydrogens (tertiary/aromatic N) is 3. The number of ether oxygens (including phenoxy) is 1. The van der Waals surface area contributed by atoms with Crippen molar-refractivity contribution >= 4 is 11.8 Å². The number of likely N-dealkylation sites (tertiary alicyclic amines) is 1. The molecule has 3 rings (SSSR count). The van der Waals surface area contributed by atoms with Crippen LogP contribution >= 0.6 is 0 Å². The molecule has 2 heterocycles. The minimum atomic E-state index is -0.0732. The van der Waals surface area contributed by atoms with Crippen molar-refractivity contribution in [1.29, 1.82) is 0 Å². The van der Waals surface area contributed by atoms with Gasteiger partial charge in [-0.15, -0.1) is 0 Å². The molecule has 1 saturated heterocycles. The number of rotatable bonds is 4. The van der Waals surface area contributed by atoms with Gasteiger partial charge in [0, 0.05) is 58.2 Å². The lowest BCUT2D eigenvalue weighted by Gasteiger charge is -2.32. The SMILES string of the molecule is CN(C)C(=O)c1ccc(OC2CCN(C(=O)C3CC3)CC2)nc1. The highest BCUT2D eigenvalue weighted by Crippen LogP contribution is 2.32. The second-order valence-electron chi connectivity index (χ2n) is 6.50. The maximum Gasteiger partial charge on any atom is 0.254 e. The Morgan fingerprint density at radius 2 is 1.87 bits per heavy atom. The van der Waals surface area contributed by atoms with Gasteiger partial charge in [0.05, 0.1) is 5.56 Å². The summed E-state index contributed by atoms with van der Waals surface area (Å²) in [7, 11) is 3.42. The number of aromatic nitrogens is 1. The van der Waals surface area contributed by atoms with Crippen molar-refractivity contribution < 1.29 is 14.3 Å². The molecule has 0 radical (unpaired) electrons. The standard InChI is InChI=1S/C17H23N3O3/c1-19(2)16(21)13-5-6-15(18-11-13)23-14-7-9-20(10-8-14)17(22)12-3-4-12/h5-6,11-12,14H,3-4,7-10H2,1-2H3. The van der Waals surface area contributed by atoms with Gasteiger partial charge in [0.15, 0.2) is 0 Å². The Morgan fingerprint density at radius 1 is 1.17 bits per heavy atom. The first kappa shape index (κ1) is 15.8. The predicted octanol–water partition coefficient (Wildman–Crippen LogP) is 1.56. The molecule has 1 aromatic heterocycles. The molecule has 2 amide bonds. The Labute approximate surface area is 136 Å². The maximum absolute atomic E-state index is 12.0. The number of hydrogen-bond acceptors (Lipinski definition) is 4. The zero-order valence-corrected chi connectivity index (χ0v) is 13.7. The smallest absolute Gasteiger partial charge is 0.254 e. The first-order valence-corrected chi connectivity index (χ1v) is 8.18. The van der Waals surface area contributed by atoms with E-state index >= 15 is 0 Å². The molecule has 1 saturated carbocycles. The topological polar surface area (TPSA) is 62.7 Å². The molecular weight excluding hydrogens is 294 g/mol. The van der Waals surface area contributed by atoms with Crippen LogP contribution in [0.5, 0.6) is 5.88 Å². The minimum Gasteiger partial charge on any atom is -0.474 e. The molecule has 0 N–H and O–H groups in total. The van der Waals surface area contributed by atoms with E-state index in [0.29, 0.717) is 17.4 Å². The Balaban J connectivity index is 1.50. The summed E-state index contributed by atoms with van der Waals surface area (Å²) >= 11 is 0. The minimum absolute atomic E-state index is 0.0732. The van der Waals surface area contributed by atoms with Crippen LogP contribution in [0.15, 0.2) is 18.3 Å². The van der Waals surface area contributed by atoms with Gasteiger partial charge >= 0.3 is 0 Å². The molecule has 2 fully saturated rings. The van der Waals surface area contributed by atoms with Crippen molar-refractivity contribution in [3.05, 3.63) is 23.9 Å². The van der Waals surface area contributed by atoms with Crippen LogP contribution in [0.25, 0.3) is 0 Å².